The van der Waals surface area contributed by atoms with Gasteiger partial charge in [0.25, 0.3) is 0 Å². The number of hydrogen-bond donors (Lipinski definition) is 1. The van der Waals surface area contributed by atoms with Gasteiger partial charge in [-0.15, -0.1) is 0 Å². The number of benzene rings is 2. The maximum absolute atomic E-state index is 17.0. The SMILES string of the molecule is Cc1cc2c(c(-c3c(Cl)cc4c(nc(OC[C@@H]5CCCN5C)c5ccn([C@H]6CCN[C@H](CC#N)C6)c54)c3F)c1C)C=NC2. The Morgan fingerprint density at radius 2 is 2.07 bits per heavy atom. The van der Waals surface area contributed by atoms with Crippen molar-refractivity contribution < 1.29 is 9.13 Å². The van der Waals surface area contributed by atoms with Gasteiger partial charge in [-0.3, -0.25) is 4.99 Å². The first-order chi connectivity index (χ1) is 20.9. The van der Waals surface area contributed by atoms with Crippen molar-refractivity contribution >= 4 is 39.6 Å². The fraction of sp³-hybridized carbons (Fsp3) is 0.441. The van der Waals surface area contributed by atoms with Gasteiger partial charge in [0, 0.05) is 47.1 Å². The molecule has 2 aromatic heterocycles. The molecular weight excluding hydrogens is 563 g/mol. The highest BCUT2D eigenvalue weighted by atomic mass is 35.5. The first kappa shape index (κ1) is 28.3. The molecule has 3 aliphatic heterocycles. The van der Waals surface area contributed by atoms with E-state index < -0.39 is 5.82 Å². The Labute approximate surface area is 256 Å². The van der Waals surface area contributed by atoms with Crippen LogP contribution in [0.5, 0.6) is 5.88 Å². The van der Waals surface area contributed by atoms with Crippen LogP contribution in [0.4, 0.5) is 4.39 Å². The van der Waals surface area contributed by atoms with Gasteiger partial charge >= 0.3 is 0 Å². The first-order valence-electron chi connectivity index (χ1n) is 15.2. The molecule has 0 radical (unpaired) electrons. The summed E-state index contributed by atoms with van der Waals surface area (Å²) in [5, 5.41) is 14.7. The van der Waals surface area contributed by atoms with Crippen molar-refractivity contribution in [2.24, 2.45) is 4.99 Å². The Balaban J connectivity index is 1.44. The first-order valence-corrected chi connectivity index (χ1v) is 15.6. The van der Waals surface area contributed by atoms with Gasteiger partial charge in [0.05, 0.1) is 35.0 Å². The summed E-state index contributed by atoms with van der Waals surface area (Å²) in [7, 11) is 2.12. The third kappa shape index (κ3) is 4.79. The number of aryl methyl sites for hydroxylation is 1. The average molecular weight is 599 g/mol. The predicted octanol–water partition coefficient (Wildman–Crippen LogP) is 6.88. The minimum atomic E-state index is -0.441. The summed E-state index contributed by atoms with van der Waals surface area (Å²) >= 11 is 7.04. The Hall–Kier alpha value is -3.51. The van der Waals surface area contributed by atoms with Crippen molar-refractivity contribution in [3.8, 4) is 23.1 Å². The molecule has 4 aromatic rings. The normalized spacial score (nSPS) is 22.0. The number of likely N-dealkylation sites (N-methyl/N-ethyl adjacent to an activating group) is 1. The second-order valence-electron chi connectivity index (χ2n) is 12.4. The molecule has 2 fully saturated rings. The maximum Gasteiger partial charge on any atom is 0.223 e. The highest BCUT2D eigenvalue weighted by molar-refractivity contribution is 6.35. The largest absolute Gasteiger partial charge is 0.476 e. The predicted molar refractivity (Wildman–Crippen MR) is 170 cm³/mol. The third-order valence-corrected chi connectivity index (χ3v) is 10.1. The number of aliphatic imine (C=N–C) groups is 1. The average Bonchev–Trinajstić information content (AvgIpc) is 3.74. The highest BCUT2D eigenvalue weighted by Crippen LogP contribution is 2.44. The number of hydrogen-bond acceptors (Lipinski definition) is 6. The number of nitrogens with zero attached hydrogens (tertiary/aromatic N) is 5. The summed E-state index contributed by atoms with van der Waals surface area (Å²) in [4.78, 5) is 11.7. The van der Waals surface area contributed by atoms with E-state index >= 15 is 4.39 Å². The molecule has 0 saturated carbocycles. The number of piperidine rings is 1. The Morgan fingerprint density at radius 1 is 1.21 bits per heavy atom. The maximum atomic E-state index is 17.0. The van der Waals surface area contributed by atoms with Crippen LogP contribution in [-0.4, -0.2) is 59.5 Å². The summed E-state index contributed by atoms with van der Waals surface area (Å²) in [5.74, 6) is 0.00726. The van der Waals surface area contributed by atoms with Crippen LogP contribution in [0.25, 0.3) is 32.9 Å². The molecular formula is C34H36ClFN6O. The molecule has 0 aliphatic carbocycles. The van der Waals surface area contributed by atoms with Crippen LogP contribution in [-0.2, 0) is 6.54 Å². The molecule has 3 aliphatic rings. The van der Waals surface area contributed by atoms with Crippen LogP contribution in [0, 0.1) is 31.0 Å². The topological polar surface area (TPSA) is 78.5 Å². The van der Waals surface area contributed by atoms with E-state index in [-0.39, 0.29) is 17.6 Å². The van der Waals surface area contributed by atoms with Crippen LogP contribution < -0.4 is 10.1 Å². The van der Waals surface area contributed by atoms with E-state index in [1.54, 1.807) is 0 Å². The third-order valence-electron chi connectivity index (χ3n) is 9.79. The smallest absolute Gasteiger partial charge is 0.223 e. The van der Waals surface area contributed by atoms with Crippen LogP contribution >= 0.6 is 11.6 Å². The van der Waals surface area contributed by atoms with Crippen molar-refractivity contribution in [1.82, 2.24) is 19.8 Å². The minimum absolute atomic E-state index is 0.114. The number of ether oxygens (including phenoxy) is 1. The summed E-state index contributed by atoms with van der Waals surface area (Å²) in [6.45, 7) is 7.00. The van der Waals surface area contributed by atoms with Crippen molar-refractivity contribution in [1.29, 1.82) is 5.26 Å². The minimum Gasteiger partial charge on any atom is -0.476 e. The molecule has 3 atom stereocenters. The number of pyridine rings is 1. The molecule has 43 heavy (non-hydrogen) atoms. The van der Waals surface area contributed by atoms with Crippen LogP contribution in [0.15, 0.2) is 29.4 Å². The molecule has 7 nitrogen and oxygen atoms in total. The molecule has 0 bridgehead atoms. The van der Waals surface area contributed by atoms with E-state index in [9.17, 15) is 5.26 Å². The van der Waals surface area contributed by atoms with Crippen molar-refractivity contribution in [3.05, 3.63) is 57.5 Å². The van der Waals surface area contributed by atoms with Gasteiger partial charge in [-0.2, -0.15) is 5.26 Å². The molecule has 9 heteroatoms. The van der Waals surface area contributed by atoms with Crippen LogP contribution in [0.2, 0.25) is 5.02 Å². The molecule has 0 amide bonds. The monoisotopic (exact) mass is 598 g/mol. The van der Waals surface area contributed by atoms with Crippen LogP contribution in [0.1, 0.15) is 60.4 Å². The summed E-state index contributed by atoms with van der Waals surface area (Å²) in [5.41, 5.74) is 6.34. The quantitative estimate of drug-likeness (QED) is 0.262. The summed E-state index contributed by atoms with van der Waals surface area (Å²) < 4.78 is 25.7. The fourth-order valence-corrected chi connectivity index (χ4v) is 7.60. The molecule has 0 unspecified atom stereocenters. The number of nitrogens with one attached hydrogen (secondary N) is 1. The van der Waals surface area contributed by atoms with Gasteiger partial charge in [0.15, 0.2) is 5.82 Å². The Bertz CT molecular complexity index is 1820. The zero-order valence-corrected chi connectivity index (χ0v) is 25.6. The van der Waals surface area contributed by atoms with Crippen molar-refractivity contribution in [2.75, 3.05) is 26.7 Å². The molecule has 0 spiro atoms. The number of rotatable bonds is 6. The zero-order chi connectivity index (χ0) is 29.8. The Kier molecular flexibility index (Phi) is 7.37. The fourth-order valence-electron chi connectivity index (χ4n) is 7.32. The van der Waals surface area contributed by atoms with E-state index in [1.165, 1.54) is 0 Å². The van der Waals surface area contributed by atoms with Crippen LogP contribution in [0.3, 0.4) is 0 Å². The van der Waals surface area contributed by atoms with E-state index in [1.807, 2.05) is 32.2 Å². The molecule has 222 valence electrons. The number of aromatic nitrogens is 2. The van der Waals surface area contributed by atoms with Gasteiger partial charge in [0.1, 0.15) is 12.1 Å². The second kappa shape index (κ2) is 11.2. The lowest BCUT2D eigenvalue weighted by Crippen LogP contribution is -2.38. The standard InChI is InChI=1S/C34H36ClFN6O/c1-19-13-21-16-38-17-27(21)29(20(19)2)30-28(35)15-26-32(31(30)36)40-34(43-18-24-5-4-11-41(24)3)25-8-12-42(33(25)26)23-7-10-39-22(14-23)6-9-37/h8,12-13,15,17,22-24,39H,4-7,10-11,14,16,18H2,1-3H3/t22-,23+,24+/m1/s1. The van der Waals surface area contributed by atoms with E-state index in [2.05, 4.69) is 45.2 Å². The van der Waals surface area contributed by atoms with Gasteiger partial charge in [-0.05, 0) is 94.1 Å². The van der Waals surface area contributed by atoms with Gasteiger partial charge in [-0.1, -0.05) is 17.7 Å². The van der Waals surface area contributed by atoms with E-state index in [0.29, 0.717) is 47.5 Å². The number of likely N-dealkylation sites (tertiary alicyclic amines) is 1. The number of nitriles is 1. The van der Waals surface area contributed by atoms with E-state index in [4.69, 9.17) is 21.3 Å². The molecule has 2 aromatic carbocycles. The van der Waals surface area contributed by atoms with Crippen molar-refractivity contribution in [2.45, 2.75) is 70.6 Å². The van der Waals surface area contributed by atoms with Gasteiger partial charge in [-0.25, -0.2) is 9.37 Å². The van der Waals surface area contributed by atoms with Gasteiger partial charge in [0.2, 0.25) is 5.88 Å². The number of halogens is 2. The lowest BCUT2D eigenvalue weighted by atomic mass is 9.88. The summed E-state index contributed by atoms with van der Waals surface area (Å²) in [6.07, 6.45) is 8.27. The molecule has 2 saturated heterocycles. The Morgan fingerprint density at radius 3 is 2.86 bits per heavy atom. The molecule has 1 N–H and O–H groups in total. The lowest BCUT2D eigenvalue weighted by molar-refractivity contribution is 0.195. The highest BCUT2D eigenvalue weighted by Gasteiger charge is 2.29. The molecule has 5 heterocycles. The summed E-state index contributed by atoms with van der Waals surface area (Å²) in [6, 6.07) is 8.91. The molecule has 7 rings (SSSR count). The van der Waals surface area contributed by atoms with Crippen molar-refractivity contribution in [3.63, 3.8) is 0 Å². The van der Waals surface area contributed by atoms with E-state index in [0.717, 1.165) is 77.5 Å². The number of fused-ring (bicyclic) bond motifs is 4. The lowest BCUT2D eigenvalue weighted by Gasteiger charge is -2.31. The van der Waals surface area contributed by atoms with Gasteiger partial charge < -0.3 is 19.5 Å². The second-order valence-corrected chi connectivity index (χ2v) is 12.8. The zero-order valence-electron chi connectivity index (χ0n) is 24.9.